The fourth-order valence-corrected chi connectivity index (χ4v) is 4.15. The van der Waals surface area contributed by atoms with E-state index in [-0.39, 0.29) is 34.1 Å². The Labute approximate surface area is 206 Å². The number of sulfonamides is 1. The van der Waals surface area contributed by atoms with Crippen LogP contribution in [0.1, 0.15) is 73.4 Å². The van der Waals surface area contributed by atoms with E-state index >= 15 is 0 Å². The summed E-state index contributed by atoms with van der Waals surface area (Å²) in [5.41, 5.74) is 0.869. The topological polar surface area (TPSA) is 132 Å². The van der Waals surface area contributed by atoms with Gasteiger partial charge in [-0.05, 0) is 55.0 Å². The third-order valence-corrected chi connectivity index (χ3v) is 6.56. The number of carbonyl (C=O) groups excluding carboxylic acids is 3. The monoisotopic (exact) mass is 503 g/mol. The second-order valence-electron chi connectivity index (χ2n) is 8.55. The molecule has 0 bridgehead atoms. The molecule has 0 saturated carbocycles. The molecule has 0 aliphatic rings. The lowest BCUT2D eigenvalue weighted by Crippen LogP contribution is -2.30. The molecule has 2 amide bonds. The van der Waals surface area contributed by atoms with Crippen LogP contribution < -0.4 is 10.0 Å². The molecule has 190 valence electrons. The van der Waals surface area contributed by atoms with Crippen LogP contribution in [0, 0.1) is 5.92 Å². The number of carbonyl (C=O) groups is 3. The zero-order chi connectivity index (χ0) is 26.0. The van der Waals surface area contributed by atoms with Gasteiger partial charge in [-0.1, -0.05) is 39.8 Å². The van der Waals surface area contributed by atoms with Crippen molar-refractivity contribution in [2.45, 2.75) is 64.4 Å². The SMILES string of the molecule is CCC(CC)OC(=O)c1ccc(C(=O)NS(=O)(=O)c2ccc(CCNC(=O)CC(C)C)cc2)cn1. The van der Waals surface area contributed by atoms with E-state index in [4.69, 9.17) is 4.74 Å². The molecule has 0 unspecified atom stereocenters. The van der Waals surface area contributed by atoms with Gasteiger partial charge in [0.2, 0.25) is 5.91 Å². The highest BCUT2D eigenvalue weighted by molar-refractivity contribution is 7.90. The molecule has 0 radical (unpaired) electrons. The summed E-state index contributed by atoms with van der Waals surface area (Å²) in [4.78, 5) is 40.2. The van der Waals surface area contributed by atoms with Crippen molar-refractivity contribution in [3.63, 3.8) is 0 Å². The Morgan fingerprint density at radius 1 is 1.00 bits per heavy atom. The van der Waals surface area contributed by atoms with Gasteiger partial charge in [0.1, 0.15) is 11.8 Å². The second-order valence-corrected chi connectivity index (χ2v) is 10.2. The first kappa shape index (κ1) is 28.0. The van der Waals surface area contributed by atoms with Crippen molar-refractivity contribution in [1.82, 2.24) is 15.0 Å². The minimum absolute atomic E-state index is 0.0126. The van der Waals surface area contributed by atoms with Gasteiger partial charge in [0.05, 0.1) is 10.5 Å². The summed E-state index contributed by atoms with van der Waals surface area (Å²) in [6, 6.07) is 8.70. The van der Waals surface area contributed by atoms with E-state index in [9.17, 15) is 22.8 Å². The Morgan fingerprint density at radius 3 is 2.20 bits per heavy atom. The fourth-order valence-electron chi connectivity index (χ4n) is 3.18. The summed E-state index contributed by atoms with van der Waals surface area (Å²) >= 11 is 0. The first-order valence-electron chi connectivity index (χ1n) is 11.7. The normalized spacial score (nSPS) is 11.4. The Hall–Kier alpha value is -3.27. The van der Waals surface area contributed by atoms with E-state index in [1.54, 1.807) is 12.1 Å². The van der Waals surface area contributed by atoms with Crippen LogP contribution in [0.2, 0.25) is 0 Å². The summed E-state index contributed by atoms with van der Waals surface area (Å²) in [7, 11) is -4.11. The van der Waals surface area contributed by atoms with Crippen LogP contribution in [0.4, 0.5) is 0 Å². The molecule has 2 aromatic rings. The van der Waals surface area contributed by atoms with Crippen LogP contribution >= 0.6 is 0 Å². The molecule has 2 rings (SSSR count). The molecule has 0 aliphatic carbocycles. The first-order chi connectivity index (χ1) is 16.6. The molecular formula is C25H33N3O6S. The smallest absolute Gasteiger partial charge is 0.357 e. The molecule has 0 saturated heterocycles. The van der Waals surface area contributed by atoms with E-state index in [1.807, 2.05) is 32.4 Å². The molecule has 0 fully saturated rings. The van der Waals surface area contributed by atoms with Crippen LogP contribution in [0.3, 0.4) is 0 Å². The minimum atomic E-state index is -4.11. The molecule has 35 heavy (non-hydrogen) atoms. The van der Waals surface area contributed by atoms with Gasteiger partial charge in [-0.25, -0.2) is 22.9 Å². The highest BCUT2D eigenvalue weighted by Crippen LogP contribution is 2.13. The highest BCUT2D eigenvalue weighted by Gasteiger charge is 2.20. The summed E-state index contributed by atoms with van der Waals surface area (Å²) in [5, 5.41) is 2.83. The van der Waals surface area contributed by atoms with Crippen LogP contribution in [-0.2, 0) is 26.0 Å². The lowest BCUT2D eigenvalue weighted by Gasteiger charge is -2.13. The third-order valence-electron chi connectivity index (χ3n) is 5.21. The van der Waals surface area contributed by atoms with Crippen molar-refractivity contribution in [3.05, 3.63) is 59.4 Å². The molecule has 1 heterocycles. The fraction of sp³-hybridized carbons (Fsp3) is 0.440. The number of benzene rings is 1. The van der Waals surface area contributed by atoms with Gasteiger partial charge in [-0.2, -0.15) is 0 Å². The van der Waals surface area contributed by atoms with Crippen LogP contribution in [0.25, 0.3) is 0 Å². The van der Waals surface area contributed by atoms with Crippen LogP contribution in [0.15, 0.2) is 47.5 Å². The van der Waals surface area contributed by atoms with Gasteiger partial charge >= 0.3 is 5.97 Å². The number of nitrogens with one attached hydrogen (secondary N) is 2. The highest BCUT2D eigenvalue weighted by atomic mass is 32.2. The molecule has 10 heteroatoms. The number of nitrogens with zero attached hydrogens (tertiary/aromatic N) is 1. The molecule has 0 aliphatic heterocycles. The maximum absolute atomic E-state index is 12.6. The quantitative estimate of drug-likeness (QED) is 0.425. The predicted molar refractivity (Wildman–Crippen MR) is 131 cm³/mol. The number of amides is 2. The van der Waals surface area contributed by atoms with E-state index < -0.39 is 21.9 Å². The maximum atomic E-state index is 12.6. The van der Waals surface area contributed by atoms with Gasteiger partial charge in [0, 0.05) is 19.2 Å². The standard InChI is InChI=1S/C25H33N3O6S/c1-5-20(6-2)34-25(31)22-12-9-19(16-27-22)24(30)28-35(32,33)21-10-7-18(8-11-21)13-14-26-23(29)15-17(3)4/h7-12,16-17,20H,5-6,13-15H2,1-4H3,(H,26,29)(H,28,30). The van der Waals surface area contributed by atoms with Gasteiger partial charge in [-0.3, -0.25) is 9.59 Å². The van der Waals surface area contributed by atoms with Crippen LogP contribution in [0.5, 0.6) is 0 Å². The van der Waals surface area contributed by atoms with Crippen molar-refractivity contribution < 1.29 is 27.5 Å². The Morgan fingerprint density at radius 2 is 1.66 bits per heavy atom. The van der Waals surface area contributed by atoms with Crippen LogP contribution in [-0.4, -0.2) is 43.8 Å². The lowest BCUT2D eigenvalue weighted by atomic mass is 10.1. The average molecular weight is 504 g/mol. The van der Waals surface area contributed by atoms with Crippen molar-refractivity contribution in [3.8, 4) is 0 Å². The number of ether oxygens (including phenoxy) is 1. The van der Waals surface area contributed by atoms with Gasteiger partial charge < -0.3 is 10.1 Å². The van der Waals surface area contributed by atoms with Crippen molar-refractivity contribution in [2.75, 3.05) is 6.54 Å². The van der Waals surface area contributed by atoms with E-state index in [0.717, 1.165) is 11.8 Å². The third kappa shape index (κ3) is 8.79. The molecule has 1 aromatic carbocycles. The molecule has 9 nitrogen and oxygen atoms in total. The number of hydrogen-bond donors (Lipinski definition) is 2. The Balaban J connectivity index is 1.95. The van der Waals surface area contributed by atoms with Gasteiger partial charge in [0.25, 0.3) is 15.9 Å². The van der Waals surface area contributed by atoms with E-state index in [2.05, 4.69) is 10.3 Å². The number of esters is 1. The first-order valence-corrected chi connectivity index (χ1v) is 13.1. The van der Waals surface area contributed by atoms with Crippen molar-refractivity contribution in [2.24, 2.45) is 5.92 Å². The summed E-state index contributed by atoms with van der Waals surface area (Å²) in [6.07, 6.45) is 3.27. The molecule has 1 aromatic heterocycles. The molecule has 2 N–H and O–H groups in total. The number of pyridine rings is 1. The van der Waals surface area contributed by atoms with E-state index in [0.29, 0.717) is 32.2 Å². The minimum Gasteiger partial charge on any atom is -0.458 e. The molecule has 0 atom stereocenters. The van der Waals surface area contributed by atoms with Crippen molar-refractivity contribution >= 4 is 27.8 Å². The maximum Gasteiger partial charge on any atom is 0.357 e. The van der Waals surface area contributed by atoms with Crippen molar-refractivity contribution in [1.29, 1.82) is 0 Å². The zero-order valence-corrected chi connectivity index (χ0v) is 21.4. The summed E-state index contributed by atoms with van der Waals surface area (Å²) < 4.78 is 32.5. The Kier molecular flexibility index (Phi) is 10.4. The number of aromatic nitrogens is 1. The number of rotatable bonds is 12. The molecule has 0 spiro atoms. The van der Waals surface area contributed by atoms with Gasteiger partial charge in [0.15, 0.2) is 0 Å². The molecular weight excluding hydrogens is 470 g/mol. The van der Waals surface area contributed by atoms with E-state index in [1.165, 1.54) is 24.3 Å². The predicted octanol–water partition coefficient (Wildman–Crippen LogP) is 3.25. The zero-order valence-electron chi connectivity index (χ0n) is 20.5. The van der Waals surface area contributed by atoms with Gasteiger partial charge in [-0.15, -0.1) is 0 Å². The lowest BCUT2D eigenvalue weighted by molar-refractivity contribution is -0.121. The number of hydrogen-bond acceptors (Lipinski definition) is 7. The second kappa shape index (κ2) is 13.0. The summed E-state index contributed by atoms with van der Waals surface area (Å²) in [6.45, 7) is 8.20. The Bertz CT molecular complexity index is 1110. The average Bonchev–Trinajstić information content (AvgIpc) is 2.82. The largest absolute Gasteiger partial charge is 0.458 e. The summed E-state index contributed by atoms with van der Waals surface area (Å²) in [5.74, 6) is -1.21.